The van der Waals surface area contributed by atoms with Crippen molar-refractivity contribution in [3.8, 4) is 5.88 Å². The molecule has 17 heavy (non-hydrogen) atoms. The summed E-state index contributed by atoms with van der Waals surface area (Å²) in [5, 5.41) is 10.9. The molecule has 0 saturated heterocycles. The van der Waals surface area contributed by atoms with Crippen molar-refractivity contribution in [3.05, 3.63) is 26.3 Å². The van der Waals surface area contributed by atoms with Gasteiger partial charge in [-0.3, -0.25) is 15.0 Å². The van der Waals surface area contributed by atoms with Gasteiger partial charge in [-0.1, -0.05) is 6.92 Å². The van der Waals surface area contributed by atoms with Crippen LogP contribution in [0.5, 0.6) is 5.88 Å². The van der Waals surface area contributed by atoms with Crippen LogP contribution >= 0.6 is 15.9 Å². The number of hydrogen-bond acceptors (Lipinski definition) is 6. The standard InChI is InChI=1S/C9H9BrN2O5/c1-3-6-7(10)4-11-9(8(6)12(14)15)17-16-5(2)13/h4H,3H2,1-2H3. The van der Waals surface area contributed by atoms with Crippen molar-refractivity contribution in [1.82, 2.24) is 4.98 Å². The fourth-order valence-corrected chi connectivity index (χ4v) is 1.75. The molecule has 0 unspecified atom stereocenters. The van der Waals surface area contributed by atoms with Crippen LogP contribution in [0.2, 0.25) is 0 Å². The van der Waals surface area contributed by atoms with Crippen molar-refractivity contribution in [1.29, 1.82) is 0 Å². The van der Waals surface area contributed by atoms with Crippen LogP contribution in [0.15, 0.2) is 10.7 Å². The van der Waals surface area contributed by atoms with E-state index in [4.69, 9.17) is 0 Å². The first kappa shape index (κ1) is 13.4. The maximum Gasteiger partial charge on any atom is 0.352 e. The highest BCUT2D eigenvalue weighted by atomic mass is 79.9. The maximum absolute atomic E-state index is 10.9. The monoisotopic (exact) mass is 304 g/mol. The molecule has 7 nitrogen and oxygen atoms in total. The number of carbonyl (C=O) groups excluding carboxylic acids is 1. The van der Waals surface area contributed by atoms with E-state index in [1.54, 1.807) is 6.92 Å². The largest absolute Gasteiger partial charge is 0.352 e. The molecule has 0 bridgehead atoms. The molecule has 0 aliphatic heterocycles. The number of nitro groups is 1. The molecule has 1 heterocycles. The molecule has 0 aliphatic carbocycles. The van der Waals surface area contributed by atoms with E-state index in [-0.39, 0.29) is 11.6 Å². The first-order chi connectivity index (χ1) is 7.97. The molecular weight excluding hydrogens is 296 g/mol. The van der Waals surface area contributed by atoms with E-state index in [1.165, 1.54) is 6.20 Å². The van der Waals surface area contributed by atoms with Gasteiger partial charge in [0.1, 0.15) is 0 Å². The predicted molar refractivity (Wildman–Crippen MR) is 60.4 cm³/mol. The Bertz CT molecular complexity index is 463. The summed E-state index contributed by atoms with van der Waals surface area (Å²) in [7, 11) is 0. The molecular formula is C9H9BrN2O5. The van der Waals surface area contributed by atoms with Gasteiger partial charge in [0.15, 0.2) is 0 Å². The summed E-state index contributed by atoms with van der Waals surface area (Å²) in [4.78, 5) is 33.3. The lowest BCUT2D eigenvalue weighted by molar-refractivity contribution is -0.389. The quantitative estimate of drug-likeness (QED) is 0.481. The third-order valence-corrected chi connectivity index (χ3v) is 2.53. The number of halogens is 1. The first-order valence-corrected chi connectivity index (χ1v) is 5.43. The van der Waals surface area contributed by atoms with E-state index in [1.807, 2.05) is 0 Å². The predicted octanol–water partition coefficient (Wildman–Crippen LogP) is 2.17. The highest BCUT2D eigenvalue weighted by Gasteiger charge is 2.25. The molecule has 0 N–H and O–H groups in total. The summed E-state index contributed by atoms with van der Waals surface area (Å²) in [6.07, 6.45) is 1.76. The van der Waals surface area contributed by atoms with Gasteiger partial charge in [-0.05, 0) is 22.4 Å². The zero-order chi connectivity index (χ0) is 13.0. The minimum absolute atomic E-state index is 0.317. The van der Waals surface area contributed by atoms with Gasteiger partial charge in [0.05, 0.1) is 10.5 Å². The summed E-state index contributed by atoms with van der Waals surface area (Å²) in [5.74, 6) is -1.06. The lowest BCUT2D eigenvalue weighted by Gasteiger charge is -2.06. The smallest absolute Gasteiger partial charge is 0.258 e. The molecule has 8 heteroatoms. The Kier molecular flexibility index (Phi) is 4.38. The normalized spacial score (nSPS) is 9.82. The van der Waals surface area contributed by atoms with E-state index < -0.39 is 10.9 Å². The number of carbonyl (C=O) groups is 1. The van der Waals surface area contributed by atoms with Gasteiger partial charge in [0.2, 0.25) is 0 Å². The Balaban J connectivity index is 3.20. The summed E-state index contributed by atoms with van der Waals surface area (Å²) >= 11 is 3.16. The van der Waals surface area contributed by atoms with Crippen molar-refractivity contribution < 1.29 is 19.5 Å². The number of pyridine rings is 1. The SMILES string of the molecule is CCc1c(Br)cnc(OOC(C)=O)c1[N+](=O)[O-]. The second kappa shape index (κ2) is 5.58. The van der Waals surface area contributed by atoms with Gasteiger partial charge in [0.25, 0.3) is 0 Å². The second-order valence-corrected chi connectivity index (χ2v) is 3.86. The van der Waals surface area contributed by atoms with Gasteiger partial charge >= 0.3 is 17.5 Å². The number of rotatable bonds is 4. The Labute approximate surface area is 105 Å². The third kappa shape index (κ3) is 3.13. The zero-order valence-electron chi connectivity index (χ0n) is 9.10. The minimum atomic E-state index is -0.720. The van der Waals surface area contributed by atoms with Crippen molar-refractivity contribution in [2.24, 2.45) is 0 Å². The Morgan fingerprint density at radius 3 is 2.76 bits per heavy atom. The van der Waals surface area contributed by atoms with Crippen molar-refractivity contribution >= 4 is 27.6 Å². The number of hydrogen-bond donors (Lipinski definition) is 0. The van der Waals surface area contributed by atoms with Gasteiger partial charge < -0.3 is 0 Å². The van der Waals surface area contributed by atoms with E-state index >= 15 is 0 Å². The molecule has 1 aromatic heterocycles. The van der Waals surface area contributed by atoms with Crippen LogP contribution in [-0.4, -0.2) is 15.9 Å². The van der Waals surface area contributed by atoms with Crippen LogP contribution in [0.25, 0.3) is 0 Å². The van der Waals surface area contributed by atoms with Crippen LogP contribution in [0.1, 0.15) is 19.4 Å². The van der Waals surface area contributed by atoms with Crippen LogP contribution in [0, 0.1) is 10.1 Å². The van der Waals surface area contributed by atoms with Gasteiger partial charge in [-0.25, -0.2) is 14.7 Å². The molecule has 0 radical (unpaired) electrons. The molecule has 0 aliphatic rings. The molecule has 0 fully saturated rings. The number of nitrogens with zero attached hydrogens (tertiary/aromatic N) is 2. The summed E-state index contributed by atoms with van der Waals surface area (Å²) in [6, 6.07) is 0. The molecule has 1 rings (SSSR count). The fraction of sp³-hybridized carbons (Fsp3) is 0.333. The first-order valence-electron chi connectivity index (χ1n) is 4.64. The highest BCUT2D eigenvalue weighted by Crippen LogP contribution is 2.34. The van der Waals surface area contributed by atoms with Crippen LogP contribution in [-0.2, 0) is 16.1 Å². The second-order valence-electron chi connectivity index (χ2n) is 3.01. The van der Waals surface area contributed by atoms with E-state index in [9.17, 15) is 14.9 Å². The third-order valence-electron chi connectivity index (χ3n) is 1.85. The maximum atomic E-state index is 10.9. The highest BCUT2D eigenvalue weighted by molar-refractivity contribution is 9.10. The summed E-state index contributed by atoms with van der Waals surface area (Å²) in [5.41, 5.74) is 0.107. The molecule has 0 spiro atoms. The summed E-state index contributed by atoms with van der Waals surface area (Å²) < 4.78 is 0.502. The van der Waals surface area contributed by atoms with Crippen molar-refractivity contribution in [2.75, 3.05) is 0 Å². The van der Waals surface area contributed by atoms with Crippen LogP contribution < -0.4 is 4.89 Å². The van der Waals surface area contributed by atoms with Crippen LogP contribution in [0.3, 0.4) is 0 Å². The average molecular weight is 305 g/mol. The molecule has 0 aromatic carbocycles. The number of aromatic nitrogens is 1. The fourth-order valence-electron chi connectivity index (χ4n) is 1.18. The van der Waals surface area contributed by atoms with Crippen LogP contribution in [0.4, 0.5) is 5.69 Å². The van der Waals surface area contributed by atoms with E-state index in [0.29, 0.717) is 16.5 Å². The molecule has 0 amide bonds. The molecule has 0 atom stereocenters. The van der Waals surface area contributed by atoms with Crippen molar-refractivity contribution in [3.63, 3.8) is 0 Å². The summed E-state index contributed by atoms with van der Waals surface area (Å²) in [6.45, 7) is 2.87. The Hall–Kier alpha value is -1.70. The van der Waals surface area contributed by atoms with Gasteiger partial charge in [0, 0.05) is 17.6 Å². The topological polar surface area (TPSA) is 91.6 Å². The average Bonchev–Trinajstić information content (AvgIpc) is 2.26. The zero-order valence-corrected chi connectivity index (χ0v) is 10.7. The van der Waals surface area contributed by atoms with E-state index in [2.05, 4.69) is 30.7 Å². The van der Waals surface area contributed by atoms with Gasteiger partial charge in [-0.15, -0.1) is 0 Å². The van der Waals surface area contributed by atoms with E-state index in [0.717, 1.165) is 6.92 Å². The van der Waals surface area contributed by atoms with Crippen molar-refractivity contribution in [2.45, 2.75) is 20.3 Å². The lowest BCUT2D eigenvalue weighted by Crippen LogP contribution is -2.08. The lowest BCUT2D eigenvalue weighted by atomic mass is 10.2. The molecule has 92 valence electrons. The van der Waals surface area contributed by atoms with Gasteiger partial charge in [-0.2, -0.15) is 0 Å². The minimum Gasteiger partial charge on any atom is -0.258 e. The molecule has 0 saturated carbocycles. The Morgan fingerprint density at radius 1 is 1.65 bits per heavy atom. The molecule has 1 aromatic rings. The Morgan fingerprint density at radius 2 is 2.29 bits per heavy atom.